The predicted molar refractivity (Wildman–Crippen MR) is 99.6 cm³/mol. The SMILES string of the molecule is Cc1ccc(-c2ccc(=O)n(CCC(=O)NCCN(C)C)n2)cc1C. The number of benzene rings is 1. The summed E-state index contributed by atoms with van der Waals surface area (Å²) in [5.74, 6) is -0.0767. The molecule has 0 aliphatic carbocycles. The Morgan fingerprint density at radius 2 is 1.92 bits per heavy atom. The first kappa shape index (κ1) is 18.9. The molecule has 0 saturated heterocycles. The standard InChI is InChI=1S/C19H26N4O2/c1-14-5-6-16(13-15(14)2)17-7-8-19(25)23(21-17)11-9-18(24)20-10-12-22(3)4/h5-8,13H,9-12H2,1-4H3,(H,20,24). The van der Waals surface area contributed by atoms with Gasteiger partial charge in [0.15, 0.2) is 0 Å². The molecule has 0 aliphatic rings. The summed E-state index contributed by atoms with van der Waals surface area (Å²) in [6.45, 7) is 5.75. The quantitative estimate of drug-likeness (QED) is 0.830. The molecule has 0 atom stereocenters. The van der Waals surface area contributed by atoms with Crippen LogP contribution in [0.3, 0.4) is 0 Å². The Hall–Kier alpha value is -2.47. The van der Waals surface area contributed by atoms with Crippen LogP contribution in [-0.4, -0.2) is 47.8 Å². The summed E-state index contributed by atoms with van der Waals surface area (Å²) < 4.78 is 1.36. The Morgan fingerprint density at radius 3 is 2.60 bits per heavy atom. The van der Waals surface area contributed by atoms with E-state index in [1.54, 1.807) is 6.07 Å². The highest BCUT2D eigenvalue weighted by atomic mass is 16.2. The summed E-state index contributed by atoms with van der Waals surface area (Å²) in [4.78, 5) is 25.9. The molecule has 6 heteroatoms. The zero-order valence-corrected chi connectivity index (χ0v) is 15.4. The highest BCUT2D eigenvalue weighted by molar-refractivity contribution is 5.75. The Kier molecular flexibility index (Phi) is 6.47. The number of nitrogens with zero attached hydrogens (tertiary/aromatic N) is 3. The van der Waals surface area contributed by atoms with Crippen LogP contribution in [0.1, 0.15) is 17.5 Å². The first-order valence-electron chi connectivity index (χ1n) is 8.44. The smallest absolute Gasteiger partial charge is 0.266 e. The highest BCUT2D eigenvalue weighted by Gasteiger charge is 2.07. The van der Waals surface area contributed by atoms with Crippen LogP contribution in [0.5, 0.6) is 0 Å². The molecule has 1 aromatic carbocycles. The molecule has 25 heavy (non-hydrogen) atoms. The van der Waals surface area contributed by atoms with E-state index in [2.05, 4.69) is 23.4 Å². The van der Waals surface area contributed by atoms with Crippen molar-refractivity contribution in [2.75, 3.05) is 27.2 Å². The number of amides is 1. The maximum atomic E-state index is 12.0. The van der Waals surface area contributed by atoms with Crippen molar-refractivity contribution in [3.05, 3.63) is 51.8 Å². The van der Waals surface area contributed by atoms with Crippen molar-refractivity contribution >= 4 is 5.91 Å². The third-order valence-electron chi connectivity index (χ3n) is 4.10. The van der Waals surface area contributed by atoms with Gasteiger partial charge in [-0.3, -0.25) is 9.59 Å². The van der Waals surface area contributed by atoms with E-state index in [4.69, 9.17) is 0 Å². The van der Waals surface area contributed by atoms with E-state index in [0.717, 1.165) is 17.8 Å². The summed E-state index contributed by atoms with van der Waals surface area (Å²) in [5, 5.41) is 7.25. The van der Waals surface area contributed by atoms with Gasteiger partial charge in [0.25, 0.3) is 5.56 Å². The highest BCUT2D eigenvalue weighted by Crippen LogP contribution is 2.19. The lowest BCUT2D eigenvalue weighted by atomic mass is 10.0. The second kappa shape index (κ2) is 8.58. The lowest BCUT2D eigenvalue weighted by Gasteiger charge is -2.11. The number of hydrogen-bond donors (Lipinski definition) is 1. The van der Waals surface area contributed by atoms with Crippen LogP contribution in [0.25, 0.3) is 11.3 Å². The number of aromatic nitrogens is 2. The molecule has 134 valence electrons. The molecule has 1 N–H and O–H groups in total. The zero-order chi connectivity index (χ0) is 18.4. The van der Waals surface area contributed by atoms with Gasteiger partial charge in [-0.1, -0.05) is 12.1 Å². The molecule has 0 unspecified atom stereocenters. The summed E-state index contributed by atoms with van der Waals surface area (Å²) in [6.07, 6.45) is 0.233. The van der Waals surface area contributed by atoms with Gasteiger partial charge in [-0.05, 0) is 51.2 Å². The molecule has 1 heterocycles. The van der Waals surface area contributed by atoms with Crippen molar-refractivity contribution < 1.29 is 4.79 Å². The molecule has 1 amide bonds. The Morgan fingerprint density at radius 1 is 1.16 bits per heavy atom. The molecule has 0 bridgehead atoms. The van der Waals surface area contributed by atoms with Crippen LogP contribution in [0, 0.1) is 13.8 Å². The Balaban J connectivity index is 2.05. The van der Waals surface area contributed by atoms with Crippen LogP contribution >= 0.6 is 0 Å². The van der Waals surface area contributed by atoms with Gasteiger partial charge in [-0.25, -0.2) is 4.68 Å². The second-order valence-corrected chi connectivity index (χ2v) is 6.48. The van der Waals surface area contributed by atoms with E-state index < -0.39 is 0 Å². The number of likely N-dealkylation sites (N-methyl/N-ethyl adjacent to an activating group) is 1. The molecular formula is C19H26N4O2. The van der Waals surface area contributed by atoms with Gasteiger partial charge in [-0.15, -0.1) is 0 Å². The summed E-state index contributed by atoms with van der Waals surface area (Å²) in [7, 11) is 3.90. The fourth-order valence-electron chi connectivity index (χ4n) is 2.38. The number of rotatable bonds is 7. The van der Waals surface area contributed by atoms with Crippen molar-refractivity contribution in [3.63, 3.8) is 0 Å². The number of carbonyl (C=O) groups is 1. The molecule has 0 saturated carbocycles. The van der Waals surface area contributed by atoms with Gasteiger partial charge < -0.3 is 10.2 Å². The van der Waals surface area contributed by atoms with Crippen molar-refractivity contribution in [2.24, 2.45) is 0 Å². The van der Waals surface area contributed by atoms with Gasteiger partial charge in [0, 0.05) is 31.1 Å². The van der Waals surface area contributed by atoms with E-state index in [-0.39, 0.29) is 24.4 Å². The minimum atomic E-state index is -0.200. The zero-order valence-electron chi connectivity index (χ0n) is 15.4. The first-order chi connectivity index (χ1) is 11.9. The van der Waals surface area contributed by atoms with E-state index in [0.29, 0.717) is 6.54 Å². The van der Waals surface area contributed by atoms with Gasteiger partial charge in [0.2, 0.25) is 5.91 Å². The van der Waals surface area contributed by atoms with Crippen molar-refractivity contribution in [2.45, 2.75) is 26.8 Å². The van der Waals surface area contributed by atoms with Gasteiger partial charge in [-0.2, -0.15) is 5.10 Å². The third-order valence-corrected chi connectivity index (χ3v) is 4.10. The third kappa shape index (κ3) is 5.53. The van der Waals surface area contributed by atoms with Crippen LogP contribution in [0.4, 0.5) is 0 Å². The summed E-state index contributed by atoms with van der Waals surface area (Å²) in [6, 6.07) is 9.31. The number of hydrogen-bond acceptors (Lipinski definition) is 4. The van der Waals surface area contributed by atoms with Gasteiger partial charge >= 0.3 is 0 Å². The summed E-state index contributed by atoms with van der Waals surface area (Å²) in [5.41, 5.74) is 3.89. The maximum absolute atomic E-state index is 12.0. The monoisotopic (exact) mass is 342 g/mol. The van der Waals surface area contributed by atoms with Gasteiger partial charge in [0.05, 0.1) is 12.2 Å². The molecule has 0 aliphatic heterocycles. The molecule has 6 nitrogen and oxygen atoms in total. The number of carbonyl (C=O) groups excluding carboxylic acids is 1. The normalized spacial score (nSPS) is 10.9. The molecule has 1 aromatic heterocycles. The number of nitrogens with one attached hydrogen (secondary N) is 1. The van der Waals surface area contributed by atoms with E-state index in [1.165, 1.54) is 21.9 Å². The fraction of sp³-hybridized carbons (Fsp3) is 0.421. The fourth-order valence-corrected chi connectivity index (χ4v) is 2.38. The van der Waals surface area contributed by atoms with Crippen LogP contribution in [-0.2, 0) is 11.3 Å². The molecule has 2 aromatic rings. The van der Waals surface area contributed by atoms with Crippen molar-refractivity contribution in [3.8, 4) is 11.3 Å². The molecule has 2 rings (SSSR count). The summed E-state index contributed by atoms with van der Waals surface area (Å²) >= 11 is 0. The topological polar surface area (TPSA) is 67.2 Å². The Bertz CT molecular complexity index is 796. The molecule has 0 spiro atoms. The largest absolute Gasteiger partial charge is 0.355 e. The minimum Gasteiger partial charge on any atom is -0.355 e. The Labute approximate surface area is 148 Å². The van der Waals surface area contributed by atoms with E-state index in [9.17, 15) is 9.59 Å². The van der Waals surface area contributed by atoms with E-state index >= 15 is 0 Å². The van der Waals surface area contributed by atoms with Crippen LogP contribution in [0.15, 0.2) is 35.1 Å². The van der Waals surface area contributed by atoms with Gasteiger partial charge in [0.1, 0.15) is 0 Å². The molecular weight excluding hydrogens is 316 g/mol. The van der Waals surface area contributed by atoms with Crippen molar-refractivity contribution in [1.29, 1.82) is 0 Å². The lowest BCUT2D eigenvalue weighted by Crippen LogP contribution is -2.33. The molecule has 0 fully saturated rings. The van der Waals surface area contributed by atoms with Crippen LogP contribution in [0.2, 0.25) is 0 Å². The maximum Gasteiger partial charge on any atom is 0.266 e. The lowest BCUT2D eigenvalue weighted by molar-refractivity contribution is -0.121. The molecule has 0 radical (unpaired) electrons. The minimum absolute atomic E-state index is 0.0767. The number of aryl methyl sites for hydroxylation is 3. The second-order valence-electron chi connectivity index (χ2n) is 6.48. The predicted octanol–water partition coefficient (Wildman–Crippen LogP) is 1.60. The average Bonchev–Trinajstić information content (AvgIpc) is 2.56. The van der Waals surface area contributed by atoms with Crippen molar-refractivity contribution in [1.82, 2.24) is 20.0 Å². The van der Waals surface area contributed by atoms with E-state index in [1.807, 2.05) is 38.1 Å². The average molecular weight is 342 g/mol. The first-order valence-corrected chi connectivity index (χ1v) is 8.44. The van der Waals surface area contributed by atoms with Crippen LogP contribution < -0.4 is 10.9 Å².